The third-order valence-corrected chi connectivity index (χ3v) is 5.07. The van der Waals surface area contributed by atoms with Crippen molar-refractivity contribution in [3.05, 3.63) is 78.4 Å². The van der Waals surface area contributed by atoms with Gasteiger partial charge in [-0.25, -0.2) is 4.39 Å². The topological polar surface area (TPSA) is 69.0 Å². The number of carbonyl (C=O) groups excluding carboxylic acids is 1. The third kappa shape index (κ3) is 5.45. The molecule has 29 heavy (non-hydrogen) atoms. The van der Waals surface area contributed by atoms with Crippen molar-refractivity contribution in [1.29, 1.82) is 0 Å². The van der Waals surface area contributed by atoms with Crippen molar-refractivity contribution in [2.45, 2.75) is 18.1 Å². The quantitative estimate of drug-likeness (QED) is 0.426. The van der Waals surface area contributed by atoms with Gasteiger partial charge < -0.3 is 14.6 Å². The molecule has 0 spiro atoms. The number of anilines is 1. The van der Waals surface area contributed by atoms with E-state index in [0.29, 0.717) is 18.1 Å². The predicted molar refractivity (Wildman–Crippen MR) is 112 cm³/mol. The van der Waals surface area contributed by atoms with Crippen molar-refractivity contribution in [1.82, 2.24) is 14.8 Å². The largest absolute Gasteiger partial charge is 0.497 e. The zero-order chi connectivity index (χ0) is 20.6. The first-order valence-electron chi connectivity index (χ1n) is 8.93. The second-order valence-electron chi connectivity index (χ2n) is 6.14. The van der Waals surface area contributed by atoms with E-state index in [1.54, 1.807) is 25.3 Å². The van der Waals surface area contributed by atoms with Gasteiger partial charge in [-0.15, -0.1) is 16.8 Å². The normalized spacial score (nSPS) is 10.6. The van der Waals surface area contributed by atoms with E-state index in [4.69, 9.17) is 4.74 Å². The number of hydrogen-bond acceptors (Lipinski definition) is 5. The van der Waals surface area contributed by atoms with Gasteiger partial charge in [0.15, 0.2) is 5.16 Å². The maximum atomic E-state index is 13.7. The molecule has 0 fully saturated rings. The Morgan fingerprint density at radius 1 is 1.24 bits per heavy atom. The molecule has 0 atom stereocenters. The van der Waals surface area contributed by atoms with Crippen LogP contribution < -0.4 is 10.1 Å². The van der Waals surface area contributed by atoms with Gasteiger partial charge in [0.1, 0.15) is 17.4 Å². The summed E-state index contributed by atoms with van der Waals surface area (Å²) in [6, 6.07) is 13.8. The van der Waals surface area contributed by atoms with Gasteiger partial charge >= 0.3 is 0 Å². The van der Waals surface area contributed by atoms with E-state index in [0.717, 1.165) is 17.1 Å². The molecule has 0 bridgehead atoms. The summed E-state index contributed by atoms with van der Waals surface area (Å²) in [6.45, 7) is 4.31. The highest BCUT2D eigenvalue weighted by Gasteiger charge is 2.15. The summed E-state index contributed by atoms with van der Waals surface area (Å²) < 4.78 is 20.8. The number of methoxy groups -OCH3 is 1. The summed E-state index contributed by atoms with van der Waals surface area (Å²) in [5.74, 6) is 0.865. The Hall–Kier alpha value is -3.13. The maximum absolute atomic E-state index is 13.7. The van der Waals surface area contributed by atoms with Crippen LogP contribution in [-0.4, -0.2) is 33.5 Å². The van der Waals surface area contributed by atoms with Crippen LogP contribution in [0.1, 0.15) is 11.4 Å². The van der Waals surface area contributed by atoms with Gasteiger partial charge in [-0.2, -0.15) is 0 Å². The Kier molecular flexibility index (Phi) is 7.02. The minimum absolute atomic E-state index is 0.0894. The van der Waals surface area contributed by atoms with Gasteiger partial charge in [-0.05, 0) is 29.8 Å². The van der Waals surface area contributed by atoms with Crippen molar-refractivity contribution < 1.29 is 13.9 Å². The molecule has 1 N–H and O–H groups in total. The molecule has 0 aliphatic rings. The van der Waals surface area contributed by atoms with E-state index in [2.05, 4.69) is 22.1 Å². The van der Waals surface area contributed by atoms with E-state index >= 15 is 0 Å². The van der Waals surface area contributed by atoms with E-state index in [1.165, 1.54) is 23.9 Å². The molecule has 150 valence electrons. The first-order chi connectivity index (χ1) is 14.1. The maximum Gasteiger partial charge on any atom is 0.234 e. The van der Waals surface area contributed by atoms with Crippen LogP contribution in [-0.2, 0) is 17.8 Å². The van der Waals surface area contributed by atoms with Crippen LogP contribution >= 0.6 is 11.8 Å². The molecule has 2 aromatic carbocycles. The molecule has 0 saturated carbocycles. The number of rotatable bonds is 9. The smallest absolute Gasteiger partial charge is 0.234 e. The van der Waals surface area contributed by atoms with Gasteiger partial charge in [0.2, 0.25) is 5.91 Å². The summed E-state index contributed by atoms with van der Waals surface area (Å²) in [6.07, 6.45) is 2.34. The Labute approximate surface area is 172 Å². The van der Waals surface area contributed by atoms with Crippen molar-refractivity contribution in [3.63, 3.8) is 0 Å². The Balaban J connectivity index is 1.66. The number of aromatic nitrogens is 3. The molecule has 1 amide bonds. The van der Waals surface area contributed by atoms with Gasteiger partial charge in [0, 0.05) is 13.0 Å². The van der Waals surface area contributed by atoms with Gasteiger partial charge in [0.25, 0.3) is 0 Å². The van der Waals surface area contributed by atoms with Gasteiger partial charge in [-0.1, -0.05) is 42.1 Å². The molecular weight excluding hydrogens is 391 g/mol. The fourth-order valence-electron chi connectivity index (χ4n) is 2.67. The SMILES string of the molecule is C=CCn1c(Cc2ccc(OC)cc2)nnc1SCC(=O)Nc1ccccc1F. The van der Waals surface area contributed by atoms with Crippen LogP contribution in [0.2, 0.25) is 0 Å². The molecule has 0 aliphatic heterocycles. The average Bonchev–Trinajstić information content (AvgIpc) is 3.10. The number of hydrogen-bond donors (Lipinski definition) is 1. The molecule has 8 heteroatoms. The Morgan fingerprint density at radius 2 is 2.00 bits per heavy atom. The summed E-state index contributed by atoms with van der Waals surface area (Å²) >= 11 is 1.24. The van der Waals surface area contributed by atoms with Crippen LogP contribution in [0.4, 0.5) is 10.1 Å². The van der Waals surface area contributed by atoms with Crippen LogP contribution in [0.15, 0.2) is 66.3 Å². The molecule has 0 radical (unpaired) electrons. The zero-order valence-corrected chi connectivity index (χ0v) is 16.8. The van der Waals surface area contributed by atoms with E-state index in [9.17, 15) is 9.18 Å². The first-order valence-corrected chi connectivity index (χ1v) is 9.92. The summed E-state index contributed by atoms with van der Waals surface area (Å²) in [7, 11) is 1.63. The number of thioether (sulfide) groups is 1. The number of nitrogens with zero attached hydrogens (tertiary/aromatic N) is 3. The molecule has 3 rings (SSSR count). The number of allylic oxidation sites excluding steroid dienone is 1. The molecule has 6 nitrogen and oxygen atoms in total. The summed E-state index contributed by atoms with van der Waals surface area (Å²) in [5, 5.41) is 11.7. The molecule has 0 saturated heterocycles. The number of benzene rings is 2. The lowest BCUT2D eigenvalue weighted by atomic mass is 10.1. The zero-order valence-electron chi connectivity index (χ0n) is 16.0. The highest BCUT2D eigenvalue weighted by Crippen LogP contribution is 2.21. The minimum Gasteiger partial charge on any atom is -0.497 e. The van der Waals surface area contributed by atoms with Gasteiger partial charge in [0.05, 0.1) is 18.6 Å². The molecule has 3 aromatic rings. The number of ether oxygens (including phenoxy) is 1. The van der Waals surface area contributed by atoms with Crippen LogP contribution in [0.5, 0.6) is 5.75 Å². The van der Waals surface area contributed by atoms with Crippen molar-refractivity contribution in [2.75, 3.05) is 18.2 Å². The number of nitrogens with one attached hydrogen (secondary N) is 1. The minimum atomic E-state index is -0.470. The van der Waals surface area contributed by atoms with Crippen LogP contribution in [0, 0.1) is 5.82 Å². The second-order valence-corrected chi connectivity index (χ2v) is 7.08. The van der Waals surface area contributed by atoms with Crippen molar-refractivity contribution >= 4 is 23.4 Å². The highest BCUT2D eigenvalue weighted by molar-refractivity contribution is 7.99. The highest BCUT2D eigenvalue weighted by atomic mass is 32.2. The number of halogens is 1. The summed E-state index contributed by atoms with van der Waals surface area (Å²) in [5.41, 5.74) is 1.23. The third-order valence-electron chi connectivity index (χ3n) is 4.11. The fraction of sp³-hybridized carbons (Fsp3) is 0.190. The second kappa shape index (κ2) is 9.88. The molecule has 0 unspecified atom stereocenters. The standard InChI is InChI=1S/C21H21FN4O2S/c1-3-12-26-19(13-15-8-10-16(28-2)11-9-15)24-25-21(26)29-14-20(27)23-18-7-5-4-6-17(18)22/h3-11H,1,12-14H2,2H3,(H,23,27). The summed E-state index contributed by atoms with van der Waals surface area (Å²) in [4.78, 5) is 12.2. The average molecular weight is 412 g/mol. The van der Waals surface area contributed by atoms with E-state index in [1.807, 2.05) is 28.8 Å². The monoisotopic (exact) mass is 412 g/mol. The van der Waals surface area contributed by atoms with E-state index < -0.39 is 5.82 Å². The van der Waals surface area contributed by atoms with Crippen LogP contribution in [0.3, 0.4) is 0 Å². The van der Waals surface area contributed by atoms with E-state index in [-0.39, 0.29) is 17.3 Å². The molecule has 1 aromatic heterocycles. The Morgan fingerprint density at radius 3 is 2.69 bits per heavy atom. The lowest BCUT2D eigenvalue weighted by molar-refractivity contribution is -0.113. The van der Waals surface area contributed by atoms with Crippen LogP contribution in [0.25, 0.3) is 0 Å². The van der Waals surface area contributed by atoms with Gasteiger partial charge in [-0.3, -0.25) is 4.79 Å². The predicted octanol–water partition coefficient (Wildman–Crippen LogP) is 3.93. The lowest BCUT2D eigenvalue weighted by Crippen LogP contribution is -2.15. The molecular formula is C21H21FN4O2S. The number of amides is 1. The van der Waals surface area contributed by atoms with Crippen molar-refractivity contribution in [3.8, 4) is 5.75 Å². The fourth-order valence-corrected chi connectivity index (χ4v) is 3.44. The van der Waals surface area contributed by atoms with Crippen molar-refractivity contribution in [2.24, 2.45) is 0 Å². The number of carbonyl (C=O) groups is 1. The molecule has 1 heterocycles. The Bertz CT molecular complexity index is 989. The number of para-hydroxylation sites is 1. The molecule has 0 aliphatic carbocycles. The lowest BCUT2D eigenvalue weighted by Gasteiger charge is -2.09. The first kappa shape index (κ1) is 20.6.